The summed E-state index contributed by atoms with van der Waals surface area (Å²) in [4.78, 5) is 21.3. The van der Waals surface area contributed by atoms with Gasteiger partial charge in [-0.3, -0.25) is 10.1 Å². The molecule has 6 heteroatoms. The number of hydrogen-bond acceptors (Lipinski definition) is 4. The number of nitro benzene ring substituents is 1. The van der Waals surface area contributed by atoms with Crippen LogP contribution >= 0.6 is 0 Å². The molecule has 2 N–H and O–H groups in total. The Bertz CT molecular complexity index is 492. The van der Waals surface area contributed by atoms with Gasteiger partial charge in [0.15, 0.2) is 0 Å². The van der Waals surface area contributed by atoms with Crippen molar-refractivity contribution >= 4 is 11.8 Å². The molecule has 0 saturated heterocycles. The van der Waals surface area contributed by atoms with Crippen molar-refractivity contribution in [3.8, 4) is 0 Å². The van der Waals surface area contributed by atoms with E-state index in [1.54, 1.807) is 12.1 Å². The van der Waals surface area contributed by atoms with Gasteiger partial charge in [0, 0.05) is 18.6 Å². The molecular weight excluding hydrogens is 260 g/mol. The summed E-state index contributed by atoms with van der Waals surface area (Å²) in [6, 6.07) is 6.35. The van der Waals surface area contributed by atoms with Crippen LogP contribution in [0.4, 0.5) is 10.5 Å². The number of carbonyl (C=O) groups excluding carboxylic acids is 1. The van der Waals surface area contributed by atoms with Gasteiger partial charge in [-0.15, -0.1) is 0 Å². The van der Waals surface area contributed by atoms with E-state index in [2.05, 4.69) is 0 Å². The van der Waals surface area contributed by atoms with Crippen LogP contribution < -0.4 is 5.73 Å². The first-order chi connectivity index (χ1) is 9.51. The van der Waals surface area contributed by atoms with Gasteiger partial charge in [-0.1, -0.05) is 18.6 Å². The van der Waals surface area contributed by atoms with Crippen LogP contribution in [0, 0.1) is 10.1 Å². The van der Waals surface area contributed by atoms with E-state index < -0.39 is 16.6 Å². The largest absolute Gasteiger partial charge is 0.443 e. The number of primary amides is 1. The minimum absolute atomic E-state index is 0.0577. The molecule has 1 amide bonds. The molecule has 0 atom stereocenters. The van der Waals surface area contributed by atoms with E-state index in [9.17, 15) is 14.9 Å². The van der Waals surface area contributed by atoms with Crippen LogP contribution in [0.5, 0.6) is 0 Å². The summed E-state index contributed by atoms with van der Waals surface area (Å²) in [6.07, 6.45) is 4.49. The molecule has 20 heavy (non-hydrogen) atoms. The predicted octanol–water partition coefficient (Wildman–Crippen LogP) is 2.94. The second kappa shape index (κ2) is 5.90. The molecule has 1 saturated carbocycles. The fraction of sp³-hybridized carbons (Fsp3) is 0.500. The number of carbonyl (C=O) groups is 1. The maximum Gasteiger partial charge on any atom is 0.405 e. The highest BCUT2D eigenvalue weighted by Gasteiger charge is 2.35. The number of ether oxygens (including phenoxy) is 1. The first-order valence-electron chi connectivity index (χ1n) is 6.73. The lowest BCUT2D eigenvalue weighted by molar-refractivity contribution is -0.384. The van der Waals surface area contributed by atoms with Crippen molar-refractivity contribution in [2.75, 3.05) is 0 Å². The van der Waals surface area contributed by atoms with Crippen LogP contribution in [0.15, 0.2) is 24.3 Å². The Balaban J connectivity index is 2.14. The number of benzene rings is 1. The van der Waals surface area contributed by atoms with E-state index in [-0.39, 0.29) is 5.69 Å². The third-order valence-electron chi connectivity index (χ3n) is 3.76. The molecule has 6 nitrogen and oxygen atoms in total. The summed E-state index contributed by atoms with van der Waals surface area (Å²) in [5.74, 6) is 0. The first-order valence-corrected chi connectivity index (χ1v) is 6.73. The van der Waals surface area contributed by atoms with Crippen molar-refractivity contribution in [3.05, 3.63) is 39.9 Å². The van der Waals surface area contributed by atoms with Crippen LogP contribution in [0.25, 0.3) is 0 Å². The minimum atomic E-state index is -0.756. The maximum absolute atomic E-state index is 11.1. The van der Waals surface area contributed by atoms with Gasteiger partial charge in [-0.05, 0) is 31.2 Å². The minimum Gasteiger partial charge on any atom is -0.443 e. The normalized spacial score (nSPS) is 17.4. The fourth-order valence-corrected chi connectivity index (χ4v) is 2.83. The van der Waals surface area contributed by atoms with Gasteiger partial charge >= 0.3 is 6.09 Å². The zero-order valence-electron chi connectivity index (χ0n) is 11.2. The number of nitrogens with zero attached hydrogens (tertiary/aromatic N) is 1. The van der Waals surface area contributed by atoms with E-state index in [4.69, 9.17) is 10.5 Å². The van der Waals surface area contributed by atoms with Crippen LogP contribution in [-0.2, 0) is 11.2 Å². The van der Waals surface area contributed by atoms with E-state index in [0.29, 0.717) is 6.42 Å². The zero-order chi connectivity index (χ0) is 14.6. The van der Waals surface area contributed by atoms with Crippen molar-refractivity contribution in [1.29, 1.82) is 0 Å². The Kier molecular flexibility index (Phi) is 4.22. The highest BCUT2D eigenvalue weighted by atomic mass is 16.6. The number of nitrogens with two attached hydrogens (primary N) is 1. The van der Waals surface area contributed by atoms with Crippen molar-refractivity contribution in [2.45, 2.75) is 44.1 Å². The number of rotatable bonds is 4. The quantitative estimate of drug-likeness (QED) is 0.676. The van der Waals surface area contributed by atoms with Gasteiger partial charge < -0.3 is 10.5 Å². The van der Waals surface area contributed by atoms with Crippen LogP contribution in [0.1, 0.15) is 37.7 Å². The predicted molar refractivity (Wildman–Crippen MR) is 73.3 cm³/mol. The van der Waals surface area contributed by atoms with Crippen molar-refractivity contribution in [3.63, 3.8) is 0 Å². The standard InChI is InChI=1S/C14H18N2O4/c15-13(17)20-14(8-2-1-3-9-14)10-11-4-6-12(7-5-11)16(18)19/h4-7H,1-3,8-10H2,(H2,15,17). The van der Waals surface area contributed by atoms with Crippen LogP contribution in [0.2, 0.25) is 0 Å². The molecule has 0 heterocycles. The third kappa shape index (κ3) is 3.46. The highest BCUT2D eigenvalue weighted by Crippen LogP contribution is 2.35. The molecule has 0 aliphatic heterocycles. The molecule has 0 aromatic heterocycles. The molecule has 1 aromatic rings. The Hall–Kier alpha value is -2.11. The summed E-state index contributed by atoms with van der Waals surface area (Å²) >= 11 is 0. The lowest BCUT2D eigenvalue weighted by Gasteiger charge is -2.36. The van der Waals surface area contributed by atoms with Gasteiger partial charge in [0.05, 0.1) is 4.92 Å². The van der Waals surface area contributed by atoms with Gasteiger partial charge in [-0.2, -0.15) is 0 Å². The zero-order valence-corrected chi connectivity index (χ0v) is 11.2. The number of amides is 1. The van der Waals surface area contributed by atoms with Gasteiger partial charge in [0.25, 0.3) is 5.69 Å². The fourth-order valence-electron chi connectivity index (χ4n) is 2.83. The summed E-state index contributed by atoms with van der Waals surface area (Å²) in [7, 11) is 0. The van der Waals surface area contributed by atoms with Gasteiger partial charge in [0.2, 0.25) is 0 Å². The Morgan fingerprint density at radius 3 is 2.35 bits per heavy atom. The third-order valence-corrected chi connectivity index (χ3v) is 3.76. The van der Waals surface area contributed by atoms with Gasteiger partial charge in [-0.25, -0.2) is 4.79 Å². The van der Waals surface area contributed by atoms with E-state index in [1.165, 1.54) is 12.1 Å². The van der Waals surface area contributed by atoms with E-state index in [1.807, 2.05) is 0 Å². The molecule has 0 unspecified atom stereocenters. The number of hydrogen-bond donors (Lipinski definition) is 1. The molecule has 1 aromatic carbocycles. The molecule has 2 rings (SSSR count). The molecule has 1 fully saturated rings. The first kappa shape index (κ1) is 14.3. The molecule has 0 spiro atoms. The topological polar surface area (TPSA) is 95.5 Å². The van der Waals surface area contributed by atoms with Crippen molar-refractivity contribution in [1.82, 2.24) is 0 Å². The van der Waals surface area contributed by atoms with Gasteiger partial charge in [0.1, 0.15) is 5.60 Å². The Morgan fingerprint density at radius 1 is 1.25 bits per heavy atom. The van der Waals surface area contributed by atoms with E-state index in [0.717, 1.165) is 37.7 Å². The van der Waals surface area contributed by atoms with Crippen LogP contribution in [-0.4, -0.2) is 16.6 Å². The van der Waals surface area contributed by atoms with Crippen LogP contribution in [0.3, 0.4) is 0 Å². The molecular formula is C14H18N2O4. The molecule has 108 valence electrons. The molecule has 0 bridgehead atoms. The number of non-ortho nitro benzene ring substituents is 1. The average molecular weight is 278 g/mol. The lowest BCUT2D eigenvalue weighted by Crippen LogP contribution is -2.41. The summed E-state index contributed by atoms with van der Waals surface area (Å²) in [5, 5.41) is 10.6. The molecule has 1 aliphatic carbocycles. The second-order valence-corrected chi connectivity index (χ2v) is 5.27. The average Bonchev–Trinajstić information content (AvgIpc) is 2.39. The maximum atomic E-state index is 11.1. The van der Waals surface area contributed by atoms with E-state index >= 15 is 0 Å². The molecule has 0 radical (unpaired) electrons. The Morgan fingerprint density at radius 2 is 1.85 bits per heavy atom. The lowest BCUT2D eigenvalue weighted by atomic mass is 9.80. The van der Waals surface area contributed by atoms with Crippen molar-refractivity contribution < 1.29 is 14.5 Å². The summed E-state index contributed by atoms with van der Waals surface area (Å²) < 4.78 is 5.37. The summed E-state index contributed by atoms with van der Waals surface area (Å²) in [5.41, 5.74) is 5.59. The Labute approximate surface area is 117 Å². The summed E-state index contributed by atoms with van der Waals surface area (Å²) in [6.45, 7) is 0. The molecule has 1 aliphatic rings. The van der Waals surface area contributed by atoms with Crippen molar-refractivity contribution in [2.24, 2.45) is 5.73 Å². The SMILES string of the molecule is NC(=O)OC1(Cc2ccc([N+](=O)[O-])cc2)CCCCC1. The smallest absolute Gasteiger partial charge is 0.405 e. The number of nitro groups is 1. The monoisotopic (exact) mass is 278 g/mol. The second-order valence-electron chi connectivity index (χ2n) is 5.27. The highest BCUT2D eigenvalue weighted by molar-refractivity contribution is 5.65.